The molecule has 0 aromatic heterocycles. The highest BCUT2D eigenvalue weighted by atomic mass is 127. The molecule has 0 aromatic carbocycles. The number of hydrogen-bond acceptors (Lipinski definition) is 1. The lowest BCUT2D eigenvalue weighted by atomic mass is 10.5. The van der Waals surface area contributed by atoms with Crippen LogP contribution in [0.15, 0.2) is 0 Å². The zero-order valence-electron chi connectivity index (χ0n) is 4.52. The lowest BCUT2D eigenvalue weighted by Crippen LogP contribution is -1.94. The van der Waals surface area contributed by atoms with Crippen molar-refractivity contribution >= 4 is 28.1 Å². The van der Waals surface area contributed by atoms with E-state index in [0.717, 1.165) is 6.42 Å². The fourth-order valence-electron chi connectivity index (χ4n) is 0.373. The Balaban J connectivity index is 2.68. The largest absolute Gasteiger partial charge is 0.396 e. The smallest absolute Gasteiger partial charge is 0.107 e. The minimum atomic E-state index is -0.378. The SMILES string of the molecule is C[SiH](I)CCCO. The maximum absolute atomic E-state index is 8.33. The molecule has 0 aliphatic carbocycles. The minimum absolute atomic E-state index is 0.375. The van der Waals surface area contributed by atoms with E-state index in [1.165, 1.54) is 6.04 Å². The van der Waals surface area contributed by atoms with Crippen LogP contribution in [0.2, 0.25) is 12.6 Å². The lowest BCUT2D eigenvalue weighted by molar-refractivity contribution is 0.295. The van der Waals surface area contributed by atoms with Gasteiger partial charge in [0.05, 0.1) is 0 Å². The second-order valence-corrected chi connectivity index (χ2v) is 10.2. The molecule has 0 spiro atoms. The zero-order valence-corrected chi connectivity index (χ0v) is 7.84. The first kappa shape index (κ1) is 7.91. The van der Waals surface area contributed by atoms with E-state index >= 15 is 0 Å². The summed E-state index contributed by atoms with van der Waals surface area (Å²) in [5, 5.41) is 8.33. The molecule has 0 bridgehead atoms. The van der Waals surface area contributed by atoms with Crippen LogP contribution in [0, 0.1) is 0 Å². The summed E-state index contributed by atoms with van der Waals surface area (Å²) >= 11 is 2.49. The van der Waals surface area contributed by atoms with Crippen LogP contribution in [0.25, 0.3) is 0 Å². The second-order valence-electron chi connectivity index (χ2n) is 1.65. The van der Waals surface area contributed by atoms with Crippen molar-refractivity contribution in [3.05, 3.63) is 0 Å². The van der Waals surface area contributed by atoms with Gasteiger partial charge in [-0.05, 0) is 12.5 Å². The van der Waals surface area contributed by atoms with Gasteiger partial charge in [-0.25, -0.2) is 0 Å². The van der Waals surface area contributed by atoms with Crippen molar-refractivity contribution in [2.45, 2.75) is 19.0 Å². The Morgan fingerprint density at radius 1 is 1.71 bits per heavy atom. The summed E-state index contributed by atoms with van der Waals surface area (Å²) in [6.45, 7) is 2.66. The van der Waals surface area contributed by atoms with Crippen LogP contribution in [0.1, 0.15) is 6.42 Å². The molecule has 0 aliphatic rings. The van der Waals surface area contributed by atoms with E-state index in [4.69, 9.17) is 5.11 Å². The van der Waals surface area contributed by atoms with E-state index in [1.807, 2.05) is 0 Å². The summed E-state index contributed by atoms with van der Waals surface area (Å²) in [6.07, 6.45) is 0.632. The normalized spacial score (nSPS) is 14.1. The molecule has 1 nitrogen and oxygen atoms in total. The molecular weight excluding hydrogens is 219 g/mol. The van der Waals surface area contributed by atoms with Crippen LogP contribution < -0.4 is 0 Å². The average molecular weight is 230 g/mol. The van der Waals surface area contributed by atoms with Crippen molar-refractivity contribution < 1.29 is 5.11 Å². The van der Waals surface area contributed by atoms with Gasteiger partial charge in [0.1, 0.15) is 6.29 Å². The molecule has 0 aliphatic heterocycles. The van der Waals surface area contributed by atoms with E-state index in [1.54, 1.807) is 0 Å². The molecule has 0 amide bonds. The van der Waals surface area contributed by atoms with Crippen molar-refractivity contribution in [2.24, 2.45) is 0 Å². The predicted molar refractivity (Wildman–Crippen MR) is 43.5 cm³/mol. The summed E-state index contributed by atoms with van der Waals surface area (Å²) in [6, 6.07) is 1.27. The molecule has 0 saturated heterocycles. The molecule has 0 radical (unpaired) electrons. The maximum atomic E-state index is 8.33. The molecule has 0 heterocycles. The van der Waals surface area contributed by atoms with E-state index in [9.17, 15) is 0 Å². The number of aliphatic hydroxyl groups is 1. The van der Waals surface area contributed by atoms with Crippen molar-refractivity contribution in [2.75, 3.05) is 6.61 Å². The molecule has 0 aromatic rings. The van der Waals surface area contributed by atoms with E-state index in [0.29, 0.717) is 6.61 Å². The predicted octanol–water partition coefficient (Wildman–Crippen LogP) is 1.16. The summed E-state index contributed by atoms with van der Waals surface area (Å²) in [7, 11) is 0. The third-order valence-corrected chi connectivity index (χ3v) is 3.83. The Bertz CT molecular complexity index is 40.7. The van der Waals surface area contributed by atoms with Gasteiger partial charge in [-0.1, -0.05) is 6.55 Å². The minimum Gasteiger partial charge on any atom is -0.396 e. The fourth-order valence-corrected chi connectivity index (χ4v) is 2.44. The van der Waals surface area contributed by atoms with Crippen LogP contribution in [0.5, 0.6) is 0 Å². The van der Waals surface area contributed by atoms with Gasteiger partial charge in [0.25, 0.3) is 0 Å². The molecular formula is C4H11IOSi. The van der Waals surface area contributed by atoms with Gasteiger partial charge < -0.3 is 5.11 Å². The van der Waals surface area contributed by atoms with Gasteiger partial charge >= 0.3 is 0 Å². The highest BCUT2D eigenvalue weighted by Crippen LogP contribution is 2.02. The fraction of sp³-hybridized carbons (Fsp3) is 1.00. The lowest BCUT2D eigenvalue weighted by Gasteiger charge is -1.94. The van der Waals surface area contributed by atoms with E-state index < -0.39 is 0 Å². The third kappa shape index (κ3) is 6.91. The molecule has 7 heavy (non-hydrogen) atoms. The summed E-state index contributed by atoms with van der Waals surface area (Å²) in [5.74, 6) is 0. The topological polar surface area (TPSA) is 20.2 Å². The quantitative estimate of drug-likeness (QED) is 0.438. The molecule has 1 atom stereocenters. The molecule has 0 fully saturated rings. The standard InChI is InChI=1S/C4H11IOSi/c1-7(5)4-2-3-6/h6-7H,2-4H2,1H3. The maximum Gasteiger partial charge on any atom is 0.107 e. The Hall–Kier alpha value is 0.907. The van der Waals surface area contributed by atoms with Crippen LogP contribution in [0.4, 0.5) is 0 Å². The summed E-state index contributed by atoms with van der Waals surface area (Å²) in [4.78, 5) is 0. The highest BCUT2D eigenvalue weighted by molar-refractivity contribution is 14.1. The van der Waals surface area contributed by atoms with Crippen molar-refractivity contribution in [1.82, 2.24) is 0 Å². The Morgan fingerprint density at radius 2 is 2.29 bits per heavy atom. The average Bonchev–Trinajstić information content (AvgIpc) is 1.61. The highest BCUT2D eigenvalue weighted by Gasteiger charge is 1.93. The second kappa shape index (κ2) is 5.05. The Labute approximate surface area is 58.9 Å². The summed E-state index contributed by atoms with van der Waals surface area (Å²) in [5.41, 5.74) is 0. The first-order valence-electron chi connectivity index (χ1n) is 2.52. The van der Waals surface area contributed by atoms with Crippen LogP contribution in [-0.2, 0) is 0 Å². The van der Waals surface area contributed by atoms with Crippen LogP contribution >= 0.6 is 21.8 Å². The Kier molecular flexibility index (Phi) is 5.71. The van der Waals surface area contributed by atoms with Gasteiger partial charge in [-0.3, -0.25) is 0 Å². The first-order chi connectivity index (χ1) is 3.27. The van der Waals surface area contributed by atoms with Gasteiger partial charge in [0, 0.05) is 6.61 Å². The molecule has 1 N–H and O–H groups in total. The molecule has 3 heteroatoms. The van der Waals surface area contributed by atoms with E-state index in [-0.39, 0.29) is 6.29 Å². The number of hydrogen-bond donors (Lipinski definition) is 1. The zero-order chi connectivity index (χ0) is 5.70. The van der Waals surface area contributed by atoms with Gasteiger partial charge in [-0.2, -0.15) is 0 Å². The monoisotopic (exact) mass is 230 g/mol. The first-order valence-corrected chi connectivity index (χ1v) is 8.66. The number of rotatable bonds is 3. The van der Waals surface area contributed by atoms with Gasteiger partial charge in [0.2, 0.25) is 0 Å². The molecule has 1 unspecified atom stereocenters. The molecule has 0 rings (SSSR count). The van der Waals surface area contributed by atoms with Crippen LogP contribution in [-0.4, -0.2) is 18.0 Å². The van der Waals surface area contributed by atoms with Crippen LogP contribution in [0.3, 0.4) is 0 Å². The molecule has 44 valence electrons. The van der Waals surface area contributed by atoms with Crippen molar-refractivity contribution in [3.8, 4) is 0 Å². The number of halogens is 1. The van der Waals surface area contributed by atoms with Gasteiger partial charge in [0.15, 0.2) is 0 Å². The third-order valence-electron chi connectivity index (χ3n) is 0.760. The van der Waals surface area contributed by atoms with Crippen molar-refractivity contribution in [1.29, 1.82) is 0 Å². The van der Waals surface area contributed by atoms with Crippen molar-refractivity contribution in [3.63, 3.8) is 0 Å². The Morgan fingerprint density at radius 3 is 2.43 bits per heavy atom. The molecule has 0 saturated carbocycles. The van der Waals surface area contributed by atoms with E-state index in [2.05, 4.69) is 28.3 Å². The summed E-state index contributed by atoms with van der Waals surface area (Å²) < 4.78 is 0. The van der Waals surface area contributed by atoms with Gasteiger partial charge in [-0.15, -0.1) is 21.8 Å². The number of aliphatic hydroxyl groups excluding tert-OH is 1.